The number of piperidine rings is 1. The van der Waals surface area contributed by atoms with Crippen LogP contribution in [0.25, 0.3) is 0 Å². The Morgan fingerprint density at radius 2 is 2.13 bits per heavy atom. The summed E-state index contributed by atoms with van der Waals surface area (Å²) in [6.07, 6.45) is 5.56. The van der Waals surface area contributed by atoms with Crippen LogP contribution in [0.1, 0.15) is 19.3 Å². The van der Waals surface area contributed by atoms with Crippen LogP contribution in [0.2, 0.25) is 0 Å². The van der Waals surface area contributed by atoms with E-state index < -0.39 is 15.4 Å². The van der Waals surface area contributed by atoms with E-state index in [9.17, 15) is 18.0 Å². The summed E-state index contributed by atoms with van der Waals surface area (Å²) in [6.45, 7) is 0.708. The third-order valence-electron chi connectivity index (χ3n) is 4.10. The molecular weight excluding hydrogens is 320 g/mol. The number of nitrogens with one attached hydrogen (secondary N) is 1. The topological polar surface area (TPSA) is 101 Å². The van der Waals surface area contributed by atoms with E-state index in [4.69, 9.17) is 0 Å². The third-order valence-corrected chi connectivity index (χ3v) is 5.05. The summed E-state index contributed by atoms with van der Waals surface area (Å²) in [7, 11) is -1.64. The fourth-order valence-corrected chi connectivity index (χ4v) is 3.46. The quantitative estimate of drug-likeness (QED) is 0.768. The lowest BCUT2D eigenvalue weighted by atomic mass is 9.87. The van der Waals surface area contributed by atoms with Gasteiger partial charge in [0.05, 0.1) is 12.3 Å². The van der Waals surface area contributed by atoms with Crippen LogP contribution < -0.4 is 5.32 Å². The summed E-state index contributed by atoms with van der Waals surface area (Å²) in [4.78, 5) is 26.3. The number of rotatable bonds is 5. The molecule has 0 spiro atoms. The molecule has 2 rings (SSSR count). The highest BCUT2D eigenvalue weighted by Crippen LogP contribution is 2.29. The first kappa shape index (κ1) is 17.5. The number of hydrogen-bond acceptors (Lipinski definition) is 5. The van der Waals surface area contributed by atoms with Crippen molar-refractivity contribution in [1.29, 1.82) is 0 Å². The molecule has 1 saturated heterocycles. The number of amides is 2. The standard InChI is InChI=1S/C14H22N4O4S/c1-15-13(20)14(18-9-4-7-16-18)6-3-8-17(11-14)12(19)5-10-23(2,21)22/h4,7,9H,3,5-6,8,10-11H2,1-2H3,(H,15,20). The number of carbonyl (C=O) groups is 2. The molecule has 0 radical (unpaired) electrons. The zero-order valence-electron chi connectivity index (χ0n) is 13.4. The van der Waals surface area contributed by atoms with Crippen LogP contribution in [0.3, 0.4) is 0 Å². The molecule has 1 aliphatic rings. The van der Waals surface area contributed by atoms with Gasteiger partial charge in [-0.15, -0.1) is 0 Å². The molecule has 1 atom stereocenters. The lowest BCUT2D eigenvalue weighted by molar-refractivity contribution is -0.140. The van der Waals surface area contributed by atoms with Crippen LogP contribution >= 0.6 is 0 Å². The maximum absolute atomic E-state index is 12.5. The second-order valence-corrected chi connectivity index (χ2v) is 8.12. The van der Waals surface area contributed by atoms with Crippen LogP contribution in [0.5, 0.6) is 0 Å². The molecule has 9 heteroatoms. The molecule has 2 heterocycles. The van der Waals surface area contributed by atoms with Gasteiger partial charge in [-0.2, -0.15) is 5.10 Å². The van der Waals surface area contributed by atoms with Crippen molar-refractivity contribution < 1.29 is 18.0 Å². The Morgan fingerprint density at radius 1 is 1.39 bits per heavy atom. The van der Waals surface area contributed by atoms with Gasteiger partial charge in [-0.3, -0.25) is 14.3 Å². The second kappa shape index (κ2) is 6.69. The summed E-state index contributed by atoms with van der Waals surface area (Å²) >= 11 is 0. The molecule has 1 N–H and O–H groups in total. The molecular formula is C14H22N4O4S. The minimum atomic E-state index is -3.20. The average molecular weight is 342 g/mol. The minimum Gasteiger partial charge on any atom is -0.357 e. The number of aromatic nitrogens is 2. The Morgan fingerprint density at radius 3 is 2.70 bits per heavy atom. The van der Waals surface area contributed by atoms with Crippen molar-refractivity contribution in [1.82, 2.24) is 20.0 Å². The molecule has 0 aliphatic carbocycles. The van der Waals surface area contributed by atoms with Gasteiger partial charge in [0, 0.05) is 38.7 Å². The molecule has 1 unspecified atom stereocenters. The van der Waals surface area contributed by atoms with Crippen molar-refractivity contribution in [3.63, 3.8) is 0 Å². The minimum absolute atomic E-state index is 0.0677. The fraction of sp³-hybridized carbons (Fsp3) is 0.643. The van der Waals surface area contributed by atoms with Crippen LogP contribution in [0.4, 0.5) is 0 Å². The number of likely N-dealkylation sites (N-methyl/N-ethyl adjacent to an activating group) is 1. The van der Waals surface area contributed by atoms with E-state index in [1.54, 1.807) is 35.1 Å². The van der Waals surface area contributed by atoms with Gasteiger partial charge < -0.3 is 10.2 Å². The number of likely N-dealkylation sites (tertiary alicyclic amines) is 1. The van der Waals surface area contributed by atoms with Gasteiger partial charge in [0.1, 0.15) is 9.84 Å². The van der Waals surface area contributed by atoms with Gasteiger partial charge in [0.2, 0.25) is 11.8 Å². The van der Waals surface area contributed by atoms with Gasteiger partial charge in [-0.05, 0) is 18.9 Å². The number of nitrogens with zero attached hydrogens (tertiary/aromatic N) is 3. The molecule has 8 nitrogen and oxygen atoms in total. The Bertz CT molecular complexity index is 671. The Balaban J connectivity index is 2.20. The van der Waals surface area contributed by atoms with Crippen molar-refractivity contribution in [3.05, 3.63) is 18.5 Å². The van der Waals surface area contributed by atoms with E-state index in [2.05, 4.69) is 10.4 Å². The van der Waals surface area contributed by atoms with E-state index in [1.807, 2.05) is 0 Å². The molecule has 23 heavy (non-hydrogen) atoms. The third kappa shape index (κ3) is 3.90. The first-order chi connectivity index (χ1) is 10.8. The van der Waals surface area contributed by atoms with E-state index in [0.29, 0.717) is 19.4 Å². The molecule has 1 aliphatic heterocycles. The zero-order valence-corrected chi connectivity index (χ0v) is 14.2. The SMILES string of the molecule is CNC(=O)C1(n2cccn2)CCCN(C(=O)CCS(C)(=O)=O)C1. The maximum atomic E-state index is 12.5. The number of carbonyl (C=O) groups excluding carboxylic acids is 2. The van der Waals surface area contributed by atoms with Crippen molar-refractivity contribution in [2.75, 3.05) is 32.1 Å². The van der Waals surface area contributed by atoms with Gasteiger partial charge in [0.25, 0.3) is 0 Å². The van der Waals surface area contributed by atoms with Gasteiger partial charge in [0.15, 0.2) is 5.54 Å². The maximum Gasteiger partial charge on any atom is 0.249 e. The first-order valence-corrected chi connectivity index (χ1v) is 9.52. The molecule has 1 fully saturated rings. The second-order valence-electron chi connectivity index (χ2n) is 5.86. The smallest absolute Gasteiger partial charge is 0.249 e. The molecule has 0 bridgehead atoms. The summed E-state index contributed by atoms with van der Waals surface area (Å²) in [5, 5.41) is 6.83. The van der Waals surface area contributed by atoms with Crippen molar-refractivity contribution in [2.45, 2.75) is 24.8 Å². The van der Waals surface area contributed by atoms with Crippen LogP contribution in [-0.2, 0) is 25.0 Å². The molecule has 0 saturated carbocycles. The Kier molecular flexibility index (Phi) is 5.08. The van der Waals surface area contributed by atoms with Crippen molar-refractivity contribution in [3.8, 4) is 0 Å². The predicted molar refractivity (Wildman–Crippen MR) is 84.4 cm³/mol. The molecule has 2 amide bonds. The predicted octanol–water partition coefficient (Wildman–Crippen LogP) is -0.618. The Labute approximate surface area is 135 Å². The van der Waals surface area contributed by atoms with Crippen LogP contribution in [0.15, 0.2) is 18.5 Å². The Hall–Kier alpha value is -1.90. The molecule has 1 aromatic rings. The average Bonchev–Trinajstić information content (AvgIpc) is 3.06. The molecule has 0 aromatic carbocycles. The summed E-state index contributed by atoms with van der Waals surface area (Å²) in [5.74, 6) is -0.644. The van der Waals surface area contributed by atoms with E-state index in [1.165, 1.54) is 0 Å². The lowest BCUT2D eigenvalue weighted by Crippen LogP contribution is -2.59. The van der Waals surface area contributed by atoms with E-state index in [-0.39, 0.29) is 30.5 Å². The zero-order chi connectivity index (χ0) is 17.1. The number of hydrogen-bond donors (Lipinski definition) is 1. The summed E-state index contributed by atoms with van der Waals surface area (Å²) in [6, 6.07) is 1.73. The monoisotopic (exact) mass is 342 g/mol. The highest BCUT2D eigenvalue weighted by Gasteiger charge is 2.45. The fourth-order valence-electron chi connectivity index (χ4n) is 2.91. The number of sulfone groups is 1. The van der Waals surface area contributed by atoms with Gasteiger partial charge >= 0.3 is 0 Å². The van der Waals surface area contributed by atoms with Crippen molar-refractivity contribution >= 4 is 21.7 Å². The van der Waals surface area contributed by atoms with Gasteiger partial charge in [-0.1, -0.05) is 0 Å². The normalized spacial score (nSPS) is 21.9. The highest BCUT2D eigenvalue weighted by atomic mass is 32.2. The first-order valence-electron chi connectivity index (χ1n) is 7.46. The largest absolute Gasteiger partial charge is 0.357 e. The van der Waals surface area contributed by atoms with Gasteiger partial charge in [-0.25, -0.2) is 8.42 Å². The lowest BCUT2D eigenvalue weighted by Gasteiger charge is -2.41. The summed E-state index contributed by atoms with van der Waals surface area (Å²) in [5.41, 5.74) is -0.947. The molecule has 128 valence electrons. The van der Waals surface area contributed by atoms with Crippen LogP contribution in [0, 0.1) is 0 Å². The van der Waals surface area contributed by atoms with E-state index >= 15 is 0 Å². The highest BCUT2D eigenvalue weighted by molar-refractivity contribution is 7.90. The van der Waals surface area contributed by atoms with Crippen molar-refractivity contribution in [2.24, 2.45) is 0 Å². The summed E-state index contributed by atoms with van der Waals surface area (Å²) < 4.78 is 24.1. The van der Waals surface area contributed by atoms with E-state index in [0.717, 1.165) is 6.26 Å². The van der Waals surface area contributed by atoms with Crippen LogP contribution in [-0.4, -0.2) is 67.1 Å². The molecule has 1 aromatic heterocycles.